The maximum absolute atomic E-state index is 13.4. The van der Waals surface area contributed by atoms with Gasteiger partial charge in [0.25, 0.3) is 5.91 Å². The molecular formula is C25H31F3N4O2. The van der Waals surface area contributed by atoms with E-state index < -0.39 is 17.2 Å². The number of piperidine rings is 1. The van der Waals surface area contributed by atoms with Crippen LogP contribution in [-0.2, 0) is 23.9 Å². The van der Waals surface area contributed by atoms with Crippen molar-refractivity contribution in [3.63, 3.8) is 0 Å². The fourth-order valence-corrected chi connectivity index (χ4v) is 4.76. The summed E-state index contributed by atoms with van der Waals surface area (Å²) in [7, 11) is 0. The second-order valence-corrected chi connectivity index (χ2v) is 10.3. The minimum atomic E-state index is -4.39. The second-order valence-electron chi connectivity index (χ2n) is 10.3. The van der Waals surface area contributed by atoms with Gasteiger partial charge >= 0.3 is 6.18 Å². The highest BCUT2D eigenvalue weighted by molar-refractivity contribution is 5.94. The Bertz CT molecular complexity index is 1060. The highest BCUT2D eigenvalue weighted by atomic mass is 19.4. The predicted octanol–water partition coefficient (Wildman–Crippen LogP) is 4.42. The SMILES string of the molecule is CC(C)(C)C(=O)CN1CCc2[nH]nc(C(=O)N3CCC(c4ccccc4C(F)(F)F)CC3)c2C1. The summed E-state index contributed by atoms with van der Waals surface area (Å²) in [5, 5.41) is 7.26. The van der Waals surface area contributed by atoms with Crippen LogP contribution >= 0.6 is 0 Å². The van der Waals surface area contributed by atoms with E-state index in [2.05, 4.69) is 10.2 Å². The summed E-state index contributed by atoms with van der Waals surface area (Å²) in [5.74, 6) is -0.300. The number of H-pyrrole nitrogens is 1. The molecule has 0 spiro atoms. The van der Waals surface area contributed by atoms with Crippen LogP contribution < -0.4 is 0 Å². The first-order valence-electron chi connectivity index (χ1n) is 11.7. The Morgan fingerprint density at radius 3 is 2.41 bits per heavy atom. The number of alkyl halides is 3. The average Bonchev–Trinajstić information content (AvgIpc) is 3.21. The third kappa shape index (κ3) is 5.04. The van der Waals surface area contributed by atoms with Crippen molar-refractivity contribution in [2.24, 2.45) is 5.41 Å². The van der Waals surface area contributed by atoms with Gasteiger partial charge in [0, 0.05) is 49.3 Å². The molecule has 2 aliphatic heterocycles. The molecule has 34 heavy (non-hydrogen) atoms. The number of amides is 1. The molecule has 2 aromatic rings. The van der Waals surface area contributed by atoms with Gasteiger partial charge in [0.15, 0.2) is 11.5 Å². The number of halogens is 3. The number of aromatic nitrogens is 2. The molecule has 9 heteroatoms. The molecule has 1 amide bonds. The van der Waals surface area contributed by atoms with Crippen molar-refractivity contribution in [3.8, 4) is 0 Å². The molecule has 0 radical (unpaired) electrons. The zero-order chi connectivity index (χ0) is 24.7. The second kappa shape index (κ2) is 9.17. The summed E-state index contributed by atoms with van der Waals surface area (Å²) >= 11 is 0. The van der Waals surface area contributed by atoms with Gasteiger partial charge in [-0.2, -0.15) is 18.3 Å². The van der Waals surface area contributed by atoms with Gasteiger partial charge in [-0.1, -0.05) is 39.0 Å². The number of carbonyl (C=O) groups is 2. The van der Waals surface area contributed by atoms with E-state index in [-0.39, 0.29) is 17.6 Å². The van der Waals surface area contributed by atoms with Gasteiger partial charge < -0.3 is 4.90 Å². The zero-order valence-electron chi connectivity index (χ0n) is 19.8. The molecule has 0 saturated carbocycles. The molecule has 0 aliphatic carbocycles. The number of nitrogens with one attached hydrogen (secondary N) is 1. The molecule has 6 nitrogen and oxygen atoms in total. The number of hydrogen-bond donors (Lipinski definition) is 1. The molecule has 1 fully saturated rings. The first kappa shape index (κ1) is 24.4. The van der Waals surface area contributed by atoms with Crippen LogP contribution in [0.5, 0.6) is 0 Å². The van der Waals surface area contributed by atoms with Crippen molar-refractivity contribution in [2.45, 2.75) is 58.7 Å². The van der Waals surface area contributed by atoms with E-state index in [1.165, 1.54) is 6.07 Å². The van der Waals surface area contributed by atoms with E-state index in [4.69, 9.17) is 0 Å². The number of rotatable bonds is 4. The molecule has 2 aliphatic rings. The quantitative estimate of drug-likeness (QED) is 0.709. The van der Waals surface area contributed by atoms with Crippen molar-refractivity contribution in [1.82, 2.24) is 20.0 Å². The van der Waals surface area contributed by atoms with Gasteiger partial charge in [-0.25, -0.2) is 0 Å². The summed E-state index contributed by atoms with van der Waals surface area (Å²) in [6, 6.07) is 5.71. The molecular weight excluding hydrogens is 445 g/mol. The molecule has 4 rings (SSSR count). The van der Waals surface area contributed by atoms with Gasteiger partial charge in [-0.3, -0.25) is 19.6 Å². The van der Waals surface area contributed by atoms with E-state index in [0.29, 0.717) is 63.2 Å². The Hall–Kier alpha value is -2.68. The lowest BCUT2D eigenvalue weighted by atomic mass is 9.86. The monoisotopic (exact) mass is 476 g/mol. The fraction of sp³-hybridized carbons (Fsp3) is 0.560. The van der Waals surface area contributed by atoms with E-state index in [0.717, 1.165) is 17.3 Å². The number of aromatic amines is 1. The third-order valence-corrected chi connectivity index (χ3v) is 6.91. The summed E-state index contributed by atoms with van der Waals surface area (Å²) in [6.07, 6.45) is -2.77. The Balaban J connectivity index is 1.43. The maximum atomic E-state index is 13.4. The van der Waals surface area contributed by atoms with E-state index in [1.807, 2.05) is 25.7 Å². The molecule has 1 aromatic heterocycles. The Morgan fingerprint density at radius 2 is 1.76 bits per heavy atom. The van der Waals surface area contributed by atoms with Crippen LogP contribution in [-0.4, -0.2) is 57.9 Å². The lowest BCUT2D eigenvalue weighted by Crippen LogP contribution is -2.41. The lowest BCUT2D eigenvalue weighted by molar-refractivity contribution is -0.138. The molecule has 0 unspecified atom stereocenters. The number of nitrogens with zero attached hydrogens (tertiary/aromatic N) is 3. The molecule has 184 valence electrons. The van der Waals surface area contributed by atoms with E-state index >= 15 is 0 Å². The molecule has 3 heterocycles. The molecule has 0 bridgehead atoms. The number of fused-ring (bicyclic) bond motifs is 1. The van der Waals surface area contributed by atoms with Crippen LogP contribution in [0.4, 0.5) is 13.2 Å². The summed E-state index contributed by atoms with van der Waals surface area (Å²) in [4.78, 5) is 29.5. The van der Waals surface area contributed by atoms with Crippen LogP contribution in [0, 0.1) is 5.41 Å². The summed E-state index contributed by atoms with van der Waals surface area (Å²) in [5.41, 5.74) is 1.38. The first-order valence-corrected chi connectivity index (χ1v) is 11.7. The van der Waals surface area contributed by atoms with Gasteiger partial charge in [0.05, 0.1) is 12.1 Å². The average molecular weight is 477 g/mol. The normalized spacial score (nSPS) is 18.1. The third-order valence-electron chi connectivity index (χ3n) is 6.91. The highest BCUT2D eigenvalue weighted by Crippen LogP contribution is 2.39. The summed E-state index contributed by atoms with van der Waals surface area (Å²) < 4.78 is 40.3. The van der Waals surface area contributed by atoms with Crippen LogP contribution in [0.3, 0.4) is 0 Å². The minimum Gasteiger partial charge on any atom is -0.337 e. The zero-order valence-corrected chi connectivity index (χ0v) is 19.8. The highest BCUT2D eigenvalue weighted by Gasteiger charge is 2.37. The number of likely N-dealkylation sites (tertiary alicyclic amines) is 1. The van der Waals surface area contributed by atoms with Crippen molar-refractivity contribution in [2.75, 3.05) is 26.2 Å². The number of carbonyl (C=O) groups excluding carboxylic acids is 2. The van der Waals surface area contributed by atoms with Crippen molar-refractivity contribution < 1.29 is 22.8 Å². The van der Waals surface area contributed by atoms with Crippen molar-refractivity contribution in [3.05, 3.63) is 52.3 Å². The van der Waals surface area contributed by atoms with Gasteiger partial charge in [-0.05, 0) is 30.4 Å². The smallest absolute Gasteiger partial charge is 0.337 e. The van der Waals surface area contributed by atoms with E-state index in [9.17, 15) is 22.8 Å². The number of benzene rings is 1. The lowest BCUT2D eigenvalue weighted by Gasteiger charge is -2.33. The van der Waals surface area contributed by atoms with E-state index in [1.54, 1.807) is 17.0 Å². The van der Waals surface area contributed by atoms with Crippen LogP contribution in [0.2, 0.25) is 0 Å². The van der Waals surface area contributed by atoms with Crippen molar-refractivity contribution in [1.29, 1.82) is 0 Å². The van der Waals surface area contributed by atoms with Gasteiger partial charge in [-0.15, -0.1) is 0 Å². The van der Waals surface area contributed by atoms with Crippen LogP contribution in [0.15, 0.2) is 24.3 Å². The Labute approximate surface area is 197 Å². The molecule has 1 N–H and O–H groups in total. The van der Waals surface area contributed by atoms with Crippen LogP contribution in [0.25, 0.3) is 0 Å². The van der Waals surface area contributed by atoms with Crippen molar-refractivity contribution >= 4 is 11.7 Å². The molecule has 0 atom stereocenters. The number of Topliss-reactive ketones (excluding diaryl/α,β-unsaturated/α-hetero) is 1. The standard InChI is InChI=1S/C25H31F3N4O2/c1-24(2,3)21(33)15-31-11-10-20-18(14-31)22(30-29-20)23(34)32-12-8-16(9-13-32)17-6-4-5-7-19(17)25(26,27)28/h4-7,16H,8-15H2,1-3H3,(H,29,30). The minimum absolute atomic E-state index is 0.147. The molecule has 1 saturated heterocycles. The van der Waals surface area contributed by atoms with Gasteiger partial charge in [0.2, 0.25) is 0 Å². The first-order chi connectivity index (χ1) is 15.9. The predicted molar refractivity (Wildman–Crippen MR) is 121 cm³/mol. The Morgan fingerprint density at radius 1 is 1.09 bits per heavy atom. The Kier molecular flexibility index (Phi) is 6.59. The maximum Gasteiger partial charge on any atom is 0.416 e. The largest absolute Gasteiger partial charge is 0.416 e. The topological polar surface area (TPSA) is 69.3 Å². The van der Waals surface area contributed by atoms with Gasteiger partial charge in [0.1, 0.15) is 0 Å². The number of ketones is 1. The fourth-order valence-electron chi connectivity index (χ4n) is 4.76. The number of hydrogen-bond acceptors (Lipinski definition) is 4. The van der Waals surface area contributed by atoms with Crippen LogP contribution in [0.1, 0.15) is 72.4 Å². The summed E-state index contributed by atoms with van der Waals surface area (Å²) in [6.45, 7) is 7.97. The molecule has 1 aromatic carbocycles.